The zero-order valence-corrected chi connectivity index (χ0v) is 12.2. The van der Waals surface area contributed by atoms with Crippen LogP contribution >= 0.6 is 0 Å². The molecule has 0 spiro atoms. The minimum absolute atomic E-state index is 0.112. The van der Waals surface area contributed by atoms with Gasteiger partial charge in [-0.05, 0) is 12.3 Å². The highest BCUT2D eigenvalue weighted by Gasteiger charge is 2.15. The van der Waals surface area contributed by atoms with Gasteiger partial charge in [0.15, 0.2) is 0 Å². The molecule has 0 heterocycles. The van der Waals surface area contributed by atoms with E-state index in [1.54, 1.807) is 0 Å². The van der Waals surface area contributed by atoms with E-state index in [1.165, 1.54) is 39.2 Å². The molecule has 0 saturated heterocycles. The fourth-order valence-electron chi connectivity index (χ4n) is 2.57. The molecule has 1 unspecified atom stereocenters. The lowest BCUT2D eigenvalue weighted by atomic mass is 9.87. The smallest absolute Gasteiger partial charge is 0.314 e. The average Bonchev–Trinajstić information content (AvgIpc) is 2.44. The van der Waals surface area contributed by atoms with Gasteiger partial charge in [0.1, 0.15) is 0 Å². The first kappa shape index (κ1) is 16.8. The first-order chi connectivity index (χ1) is 9.61. The number of ether oxygens (including phenoxy) is 1. The number of carbonyl (C=O) groups is 2. The lowest BCUT2D eigenvalue weighted by Crippen LogP contribution is -2.41. The van der Waals surface area contributed by atoms with Crippen LogP contribution in [0.3, 0.4) is 0 Å². The molecule has 20 heavy (non-hydrogen) atoms. The number of aliphatic carboxylic acids is 1. The lowest BCUT2D eigenvalue weighted by Gasteiger charge is -2.21. The summed E-state index contributed by atoms with van der Waals surface area (Å²) in [6.07, 6.45) is 6.92. The van der Waals surface area contributed by atoms with E-state index in [0.29, 0.717) is 6.54 Å². The van der Waals surface area contributed by atoms with Crippen molar-refractivity contribution in [1.29, 1.82) is 0 Å². The van der Waals surface area contributed by atoms with Crippen molar-refractivity contribution in [2.24, 2.45) is 5.92 Å². The number of carbonyl (C=O) groups excluding carboxylic acids is 1. The Balaban J connectivity index is 2.08. The predicted molar refractivity (Wildman–Crippen MR) is 75.6 cm³/mol. The van der Waals surface area contributed by atoms with E-state index in [0.717, 1.165) is 12.3 Å². The second-order valence-corrected chi connectivity index (χ2v) is 5.39. The van der Waals surface area contributed by atoms with E-state index < -0.39 is 12.1 Å². The van der Waals surface area contributed by atoms with Crippen LogP contribution in [0, 0.1) is 5.92 Å². The number of carboxylic acid groups (broad SMARTS) is 1. The van der Waals surface area contributed by atoms with E-state index in [-0.39, 0.29) is 19.0 Å². The molecule has 1 fully saturated rings. The number of amides is 2. The molecule has 0 aromatic rings. The molecular formula is C14H26N2O4. The molecular weight excluding hydrogens is 260 g/mol. The third-order valence-corrected chi connectivity index (χ3v) is 3.79. The maximum Gasteiger partial charge on any atom is 0.314 e. The van der Waals surface area contributed by atoms with Crippen molar-refractivity contribution >= 4 is 12.0 Å². The van der Waals surface area contributed by atoms with E-state index in [9.17, 15) is 9.59 Å². The van der Waals surface area contributed by atoms with Crippen molar-refractivity contribution in [1.82, 2.24) is 10.6 Å². The van der Waals surface area contributed by atoms with Gasteiger partial charge in [0.25, 0.3) is 0 Å². The van der Waals surface area contributed by atoms with Crippen LogP contribution in [0.15, 0.2) is 0 Å². The molecule has 0 aromatic carbocycles. The van der Waals surface area contributed by atoms with Gasteiger partial charge in [-0.3, -0.25) is 4.79 Å². The zero-order chi connectivity index (χ0) is 14.8. The van der Waals surface area contributed by atoms with Crippen LogP contribution in [0.2, 0.25) is 0 Å². The maximum absolute atomic E-state index is 11.6. The van der Waals surface area contributed by atoms with Crippen molar-refractivity contribution in [2.75, 3.05) is 20.2 Å². The van der Waals surface area contributed by atoms with Gasteiger partial charge in [-0.1, -0.05) is 32.1 Å². The molecule has 1 aliphatic carbocycles. The Morgan fingerprint density at radius 1 is 1.25 bits per heavy atom. The van der Waals surface area contributed by atoms with Gasteiger partial charge < -0.3 is 20.5 Å². The first-order valence-corrected chi connectivity index (χ1v) is 7.38. The molecule has 1 rings (SSSR count). The molecule has 1 aliphatic rings. The fraction of sp³-hybridized carbons (Fsp3) is 0.857. The molecule has 0 aliphatic heterocycles. The number of hydrogen-bond donors (Lipinski definition) is 3. The van der Waals surface area contributed by atoms with Crippen molar-refractivity contribution in [3.05, 3.63) is 0 Å². The molecule has 1 saturated carbocycles. The number of urea groups is 1. The number of hydrogen-bond acceptors (Lipinski definition) is 3. The van der Waals surface area contributed by atoms with Gasteiger partial charge in [-0.2, -0.15) is 0 Å². The summed E-state index contributed by atoms with van der Waals surface area (Å²) in [5, 5.41) is 14.1. The molecule has 3 N–H and O–H groups in total. The summed E-state index contributed by atoms with van der Waals surface area (Å²) in [5.41, 5.74) is 0. The summed E-state index contributed by atoms with van der Waals surface area (Å²) in [4.78, 5) is 22.1. The summed E-state index contributed by atoms with van der Waals surface area (Å²) in [6, 6.07) is -0.256. The van der Waals surface area contributed by atoms with Crippen LogP contribution in [-0.2, 0) is 9.53 Å². The van der Waals surface area contributed by atoms with Gasteiger partial charge in [0.05, 0.1) is 12.5 Å². The summed E-state index contributed by atoms with van der Waals surface area (Å²) >= 11 is 0. The van der Waals surface area contributed by atoms with Crippen molar-refractivity contribution in [2.45, 2.75) is 51.0 Å². The maximum atomic E-state index is 11.6. The first-order valence-electron chi connectivity index (χ1n) is 7.38. The van der Waals surface area contributed by atoms with E-state index >= 15 is 0 Å². The Bertz CT molecular complexity index is 304. The van der Waals surface area contributed by atoms with Gasteiger partial charge in [-0.25, -0.2) is 4.79 Å². The van der Waals surface area contributed by atoms with Gasteiger partial charge in [0, 0.05) is 20.2 Å². The Hall–Kier alpha value is -1.30. The monoisotopic (exact) mass is 286 g/mol. The van der Waals surface area contributed by atoms with E-state index in [2.05, 4.69) is 10.6 Å². The molecule has 2 amide bonds. The second kappa shape index (κ2) is 9.58. The number of nitrogens with one attached hydrogen (secondary N) is 2. The summed E-state index contributed by atoms with van der Waals surface area (Å²) in [7, 11) is 1.44. The fourth-order valence-corrected chi connectivity index (χ4v) is 2.57. The quantitative estimate of drug-likeness (QED) is 0.634. The van der Waals surface area contributed by atoms with Crippen LogP contribution < -0.4 is 10.6 Å². The number of carboxylic acids is 1. The number of methoxy groups -OCH3 is 1. The standard InChI is InChI=1S/C14H26N2O4/c1-20-12(9-13(17)18)10-16-14(19)15-8-7-11-5-3-2-4-6-11/h11-12H,2-10H2,1H3,(H,17,18)(H2,15,16,19). The van der Waals surface area contributed by atoms with Crippen LogP contribution in [0.5, 0.6) is 0 Å². The predicted octanol–water partition coefficient (Wildman–Crippen LogP) is 1.75. The Morgan fingerprint density at radius 2 is 1.95 bits per heavy atom. The van der Waals surface area contributed by atoms with Crippen LogP contribution in [-0.4, -0.2) is 43.4 Å². The highest BCUT2D eigenvalue weighted by molar-refractivity contribution is 5.74. The van der Waals surface area contributed by atoms with Crippen molar-refractivity contribution < 1.29 is 19.4 Å². The topological polar surface area (TPSA) is 87.7 Å². The highest BCUT2D eigenvalue weighted by Crippen LogP contribution is 2.25. The molecule has 1 atom stereocenters. The summed E-state index contributed by atoms with van der Waals surface area (Å²) < 4.78 is 4.99. The van der Waals surface area contributed by atoms with Gasteiger partial charge in [-0.15, -0.1) is 0 Å². The van der Waals surface area contributed by atoms with Gasteiger partial charge in [0.2, 0.25) is 0 Å². The van der Waals surface area contributed by atoms with Crippen molar-refractivity contribution in [3.8, 4) is 0 Å². The minimum Gasteiger partial charge on any atom is -0.481 e. The Labute approximate surface area is 120 Å². The lowest BCUT2D eigenvalue weighted by molar-refractivity contribution is -0.139. The third-order valence-electron chi connectivity index (χ3n) is 3.79. The molecule has 0 bridgehead atoms. The summed E-state index contributed by atoms with van der Waals surface area (Å²) in [6.45, 7) is 0.880. The number of rotatable bonds is 8. The minimum atomic E-state index is -0.934. The molecule has 116 valence electrons. The van der Waals surface area contributed by atoms with Crippen LogP contribution in [0.4, 0.5) is 4.79 Å². The third kappa shape index (κ3) is 7.33. The SMILES string of the molecule is COC(CNC(=O)NCCC1CCCCC1)CC(=O)O. The normalized spacial score (nSPS) is 17.4. The van der Waals surface area contributed by atoms with Crippen LogP contribution in [0.1, 0.15) is 44.9 Å². The van der Waals surface area contributed by atoms with Gasteiger partial charge >= 0.3 is 12.0 Å². The second-order valence-electron chi connectivity index (χ2n) is 5.39. The average molecular weight is 286 g/mol. The zero-order valence-electron chi connectivity index (χ0n) is 12.2. The van der Waals surface area contributed by atoms with Crippen LogP contribution in [0.25, 0.3) is 0 Å². The summed E-state index contributed by atoms with van der Waals surface area (Å²) in [5.74, 6) is -0.195. The van der Waals surface area contributed by atoms with Crippen molar-refractivity contribution in [3.63, 3.8) is 0 Å². The Kier molecular flexibility index (Phi) is 8.02. The Morgan fingerprint density at radius 3 is 2.55 bits per heavy atom. The molecule has 6 heteroatoms. The van der Waals surface area contributed by atoms with E-state index in [4.69, 9.17) is 9.84 Å². The molecule has 6 nitrogen and oxygen atoms in total. The molecule has 0 aromatic heterocycles. The van der Waals surface area contributed by atoms with E-state index in [1.807, 2.05) is 0 Å². The largest absolute Gasteiger partial charge is 0.481 e. The molecule has 0 radical (unpaired) electrons. The highest BCUT2D eigenvalue weighted by atomic mass is 16.5.